The molecule has 0 fully saturated rings. The zero-order chi connectivity index (χ0) is 14.7. The van der Waals surface area contributed by atoms with E-state index >= 15 is 0 Å². The number of nitrogens with zero attached hydrogens (tertiary/aromatic N) is 1. The number of unbranched alkanes of at least 4 members (excludes halogenated alkanes) is 2. The van der Waals surface area contributed by atoms with E-state index in [2.05, 4.69) is 0 Å². The fourth-order valence-corrected chi connectivity index (χ4v) is 2.39. The molecule has 0 radical (unpaired) electrons. The van der Waals surface area contributed by atoms with E-state index in [1.165, 1.54) is 11.0 Å². The van der Waals surface area contributed by atoms with Crippen LogP contribution in [0, 0.1) is 0 Å². The van der Waals surface area contributed by atoms with Gasteiger partial charge < -0.3 is 10.0 Å². The molecular formula is C14H14ClNO4. The average molecular weight is 296 g/mol. The predicted octanol–water partition coefficient (Wildman–Crippen LogP) is 2.51. The number of ketones is 1. The number of anilines is 1. The fraction of sp³-hybridized carbons (Fsp3) is 0.357. The van der Waals surface area contributed by atoms with E-state index in [-0.39, 0.29) is 6.42 Å². The second-order valence-electron chi connectivity index (χ2n) is 4.65. The van der Waals surface area contributed by atoms with Gasteiger partial charge in [-0.05, 0) is 31.0 Å². The lowest BCUT2D eigenvalue weighted by atomic mass is 10.1. The Kier molecular flexibility index (Phi) is 4.39. The standard InChI is InChI=1S/C14H14ClNO4/c15-9-5-6-11-10(8-9)13(19)14(20)16(11)7-3-1-2-4-12(17)18/h5-6,8H,1-4,7H2,(H,17,18). The van der Waals surface area contributed by atoms with Gasteiger partial charge in [0, 0.05) is 18.0 Å². The number of aliphatic carboxylic acids is 1. The number of carbonyl (C=O) groups is 3. The molecule has 1 aromatic rings. The van der Waals surface area contributed by atoms with Gasteiger partial charge in [-0.1, -0.05) is 18.0 Å². The van der Waals surface area contributed by atoms with Crippen LogP contribution < -0.4 is 4.90 Å². The minimum Gasteiger partial charge on any atom is -0.481 e. The van der Waals surface area contributed by atoms with Crippen LogP contribution in [0.3, 0.4) is 0 Å². The zero-order valence-corrected chi connectivity index (χ0v) is 11.5. The van der Waals surface area contributed by atoms with Gasteiger partial charge >= 0.3 is 5.97 Å². The van der Waals surface area contributed by atoms with E-state index in [9.17, 15) is 14.4 Å². The summed E-state index contributed by atoms with van der Waals surface area (Å²) in [6.07, 6.45) is 2.05. The van der Waals surface area contributed by atoms with Gasteiger partial charge in [0.25, 0.3) is 11.7 Å². The second kappa shape index (κ2) is 6.05. The van der Waals surface area contributed by atoms with Crippen molar-refractivity contribution in [1.82, 2.24) is 0 Å². The smallest absolute Gasteiger partial charge is 0.303 e. The number of carbonyl (C=O) groups excluding carboxylic acids is 2. The summed E-state index contributed by atoms with van der Waals surface area (Å²) in [5.74, 6) is -1.90. The van der Waals surface area contributed by atoms with E-state index in [0.29, 0.717) is 42.1 Å². The summed E-state index contributed by atoms with van der Waals surface area (Å²) in [6, 6.07) is 4.81. The maximum Gasteiger partial charge on any atom is 0.303 e. The summed E-state index contributed by atoms with van der Waals surface area (Å²) in [5, 5.41) is 8.96. The van der Waals surface area contributed by atoms with Crippen molar-refractivity contribution < 1.29 is 19.5 Å². The van der Waals surface area contributed by atoms with Crippen molar-refractivity contribution in [1.29, 1.82) is 0 Å². The highest BCUT2D eigenvalue weighted by Gasteiger charge is 2.35. The molecule has 5 nitrogen and oxygen atoms in total. The maximum atomic E-state index is 11.9. The Morgan fingerprint density at radius 2 is 1.95 bits per heavy atom. The molecule has 1 aliphatic rings. The lowest BCUT2D eigenvalue weighted by Crippen LogP contribution is -2.30. The molecule has 0 atom stereocenters. The van der Waals surface area contributed by atoms with E-state index in [1.807, 2.05) is 0 Å². The van der Waals surface area contributed by atoms with E-state index in [1.54, 1.807) is 12.1 Å². The van der Waals surface area contributed by atoms with Crippen LogP contribution in [0.2, 0.25) is 5.02 Å². The van der Waals surface area contributed by atoms with Crippen LogP contribution in [0.4, 0.5) is 5.69 Å². The van der Waals surface area contributed by atoms with Gasteiger partial charge in [-0.2, -0.15) is 0 Å². The van der Waals surface area contributed by atoms with Crippen LogP contribution in [0.25, 0.3) is 0 Å². The van der Waals surface area contributed by atoms with Gasteiger partial charge in [0.15, 0.2) is 0 Å². The largest absolute Gasteiger partial charge is 0.481 e. The molecule has 0 saturated carbocycles. The summed E-state index contributed by atoms with van der Waals surface area (Å²) >= 11 is 5.82. The summed E-state index contributed by atoms with van der Waals surface area (Å²) in [5.41, 5.74) is 0.927. The summed E-state index contributed by atoms with van der Waals surface area (Å²) < 4.78 is 0. The molecule has 106 valence electrons. The normalized spacial score (nSPS) is 13.8. The molecular weight excluding hydrogens is 282 g/mol. The van der Waals surface area contributed by atoms with Crippen molar-refractivity contribution in [2.24, 2.45) is 0 Å². The molecule has 0 saturated heterocycles. The number of Topliss-reactive ketones (excluding diaryl/α,β-unsaturated/α-hetero) is 1. The number of fused-ring (bicyclic) bond motifs is 1. The monoisotopic (exact) mass is 295 g/mol. The molecule has 20 heavy (non-hydrogen) atoms. The Morgan fingerprint density at radius 3 is 2.65 bits per heavy atom. The van der Waals surface area contributed by atoms with Gasteiger partial charge in [-0.25, -0.2) is 0 Å². The van der Waals surface area contributed by atoms with Crippen LogP contribution in [0.5, 0.6) is 0 Å². The van der Waals surface area contributed by atoms with Crippen LogP contribution >= 0.6 is 11.6 Å². The van der Waals surface area contributed by atoms with E-state index < -0.39 is 17.7 Å². The maximum absolute atomic E-state index is 11.9. The van der Waals surface area contributed by atoms with Gasteiger partial charge in [0.05, 0.1) is 11.3 Å². The summed E-state index contributed by atoms with van der Waals surface area (Å²) in [4.78, 5) is 35.5. The third-order valence-corrected chi connectivity index (χ3v) is 3.44. The number of amides is 1. The molecule has 6 heteroatoms. The number of carboxylic acids is 1. The number of halogens is 1. The highest BCUT2D eigenvalue weighted by Crippen LogP contribution is 2.31. The van der Waals surface area contributed by atoms with Crippen LogP contribution in [0.15, 0.2) is 18.2 Å². The highest BCUT2D eigenvalue weighted by atomic mass is 35.5. The highest BCUT2D eigenvalue weighted by molar-refractivity contribution is 6.52. The summed E-state index contributed by atoms with van der Waals surface area (Å²) in [6.45, 7) is 0.416. The summed E-state index contributed by atoms with van der Waals surface area (Å²) in [7, 11) is 0. The molecule has 1 heterocycles. The molecule has 0 spiro atoms. The Hall–Kier alpha value is -1.88. The third-order valence-electron chi connectivity index (χ3n) is 3.21. The number of hydrogen-bond acceptors (Lipinski definition) is 3. The molecule has 0 aromatic heterocycles. The lowest BCUT2D eigenvalue weighted by molar-refractivity contribution is -0.137. The van der Waals surface area contributed by atoms with Crippen LogP contribution in [-0.4, -0.2) is 29.3 Å². The quantitative estimate of drug-likeness (QED) is 0.646. The Balaban J connectivity index is 1.98. The first-order chi connectivity index (χ1) is 9.50. The minimum atomic E-state index is -0.822. The molecule has 0 bridgehead atoms. The van der Waals surface area contributed by atoms with E-state index in [0.717, 1.165) is 0 Å². The number of carboxylic acid groups (broad SMARTS) is 1. The molecule has 1 aliphatic heterocycles. The second-order valence-corrected chi connectivity index (χ2v) is 5.09. The van der Waals surface area contributed by atoms with Gasteiger partial charge in [-0.15, -0.1) is 0 Å². The minimum absolute atomic E-state index is 0.124. The third kappa shape index (κ3) is 2.99. The van der Waals surface area contributed by atoms with Crippen molar-refractivity contribution >= 4 is 34.9 Å². The molecule has 0 aliphatic carbocycles. The Morgan fingerprint density at radius 1 is 1.20 bits per heavy atom. The van der Waals surface area contributed by atoms with Gasteiger partial charge in [-0.3, -0.25) is 14.4 Å². The van der Waals surface area contributed by atoms with Gasteiger partial charge in [0.1, 0.15) is 0 Å². The van der Waals surface area contributed by atoms with Crippen LogP contribution in [-0.2, 0) is 9.59 Å². The predicted molar refractivity (Wildman–Crippen MR) is 74.2 cm³/mol. The van der Waals surface area contributed by atoms with E-state index in [4.69, 9.17) is 16.7 Å². The fourth-order valence-electron chi connectivity index (χ4n) is 2.22. The van der Waals surface area contributed by atoms with Crippen molar-refractivity contribution in [3.63, 3.8) is 0 Å². The molecule has 1 N–H and O–H groups in total. The van der Waals surface area contributed by atoms with Crippen molar-refractivity contribution in [3.8, 4) is 0 Å². The number of hydrogen-bond donors (Lipinski definition) is 1. The van der Waals surface area contributed by atoms with Crippen molar-refractivity contribution in [2.75, 3.05) is 11.4 Å². The zero-order valence-electron chi connectivity index (χ0n) is 10.8. The van der Waals surface area contributed by atoms with Crippen molar-refractivity contribution in [2.45, 2.75) is 25.7 Å². The SMILES string of the molecule is O=C(O)CCCCCN1C(=O)C(=O)c2cc(Cl)ccc21. The Labute approximate surface area is 121 Å². The topological polar surface area (TPSA) is 74.7 Å². The van der Waals surface area contributed by atoms with Gasteiger partial charge in [0.2, 0.25) is 0 Å². The molecule has 2 rings (SSSR count). The van der Waals surface area contributed by atoms with Crippen molar-refractivity contribution in [3.05, 3.63) is 28.8 Å². The lowest BCUT2D eigenvalue weighted by Gasteiger charge is -2.16. The van der Waals surface area contributed by atoms with Crippen LogP contribution in [0.1, 0.15) is 36.0 Å². The number of rotatable bonds is 6. The first-order valence-electron chi connectivity index (χ1n) is 6.38. The molecule has 1 aromatic carbocycles. The molecule has 1 amide bonds. The first kappa shape index (κ1) is 14.5. The first-order valence-corrected chi connectivity index (χ1v) is 6.76. The number of benzene rings is 1. The average Bonchev–Trinajstić information content (AvgIpc) is 2.63. The molecule has 0 unspecified atom stereocenters. The Bertz CT molecular complexity index is 570.